The van der Waals surface area contributed by atoms with Crippen LogP contribution in [0.15, 0.2) is 4.99 Å². The van der Waals surface area contributed by atoms with Crippen molar-refractivity contribution < 1.29 is 9.47 Å². The van der Waals surface area contributed by atoms with Gasteiger partial charge in [0.15, 0.2) is 5.96 Å². The molecule has 0 saturated carbocycles. The van der Waals surface area contributed by atoms with Crippen LogP contribution in [0.2, 0.25) is 0 Å². The van der Waals surface area contributed by atoms with Gasteiger partial charge in [-0.05, 0) is 38.0 Å². The molecular formula is C17H34IN3O2. The monoisotopic (exact) mass is 439 g/mol. The normalized spacial score (nSPS) is 28.6. The SMILES string of the molecule is CCNC(=NCCOCC1CCCO1)N1CC(C)CC(C)C1.I. The number of nitrogens with zero attached hydrogens (tertiary/aromatic N) is 2. The molecule has 2 saturated heterocycles. The highest BCUT2D eigenvalue weighted by atomic mass is 127. The Morgan fingerprint density at radius 1 is 1.30 bits per heavy atom. The van der Waals surface area contributed by atoms with E-state index in [4.69, 9.17) is 14.5 Å². The van der Waals surface area contributed by atoms with Crippen molar-refractivity contribution in [2.75, 3.05) is 46.0 Å². The molecule has 23 heavy (non-hydrogen) atoms. The summed E-state index contributed by atoms with van der Waals surface area (Å²) in [5.74, 6) is 2.52. The van der Waals surface area contributed by atoms with Crippen LogP contribution in [-0.4, -0.2) is 63.0 Å². The van der Waals surface area contributed by atoms with E-state index < -0.39 is 0 Å². The third-order valence-electron chi connectivity index (χ3n) is 4.33. The molecule has 136 valence electrons. The van der Waals surface area contributed by atoms with Crippen LogP contribution < -0.4 is 5.32 Å². The Morgan fingerprint density at radius 2 is 2.04 bits per heavy atom. The van der Waals surface area contributed by atoms with E-state index in [0.29, 0.717) is 25.9 Å². The van der Waals surface area contributed by atoms with Gasteiger partial charge in [0, 0.05) is 26.2 Å². The largest absolute Gasteiger partial charge is 0.377 e. The molecule has 2 aliphatic rings. The molecular weight excluding hydrogens is 405 g/mol. The summed E-state index contributed by atoms with van der Waals surface area (Å²) in [5, 5.41) is 3.42. The lowest BCUT2D eigenvalue weighted by Crippen LogP contribution is -2.48. The Bertz CT molecular complexity index is 339. The fraction of sp³-hybridized carbons (Fsp3) is 0.941. The topological polar surface area (TPSA) is 46.1 Å². The van der Waals surface area contributed by atoms with Crippen molar-refractivity contribution in [3.05, 3.63) is 0 Å². The van der Waals surface area contributed by atoms with Gasteiger partial charge in [-0.25, -0.2) is 0 Å². The number of guanidine groups is 1. The number of nitrogens with one attached hydrogen (secondary N) is 1. The molecule has 2 rings (SSSR count). The lowest BCUT2D eigenvalue weighted by atomic mass is 9.92. The highest BCUT2D eigenvalue weighted by Crippen LogP contribution is 2.20. The second kappa shape index (κ2) is 11.5. The zero-order valence-corrected chi connectivity index (χ0v) is 17.3. The molecule has 2 fully saturated rings. The van der Waals surface area contributed by atoms with E-state index >= 15 is 0 Å². The van der Waals surface area contributed by atoms with Crippen molar-refractivity contribution >= 4 is 29.9 Å². The Kier molecular flexibility index (Phi) is 10.5. The molecule has 0 aromatic heterocycles. The van der Waals surface area contributed by atoms with Gasteiger partial charge in [-0.2, -0.15) is 0 Å². The van der Waals surface area contributed by atoms with Crippen LogP contribution in [0.3, 0.4) is 0 Å². The van der Waals surface area contributed by atoms with E-state index in [9.17, 15) is 0 Å². The molecule has 0 spiro atoms. The van der Waals surface area contributed by atoms with Crippen molar-refractivity contribution in [2.24, 2.45) is 16.8 Å². The molecule has 2 aliphatic heterocycles. The van der Waals surface area contributed by atoms with Crippen LogP contribution in [0.1, 0.15) is 40.0 Å². The zero-order chi connectivity index (χ0) is 15.8. The van der Waals surface area contributed by atoms with Gasteiger partial charge in [0.05, 0.1) is 25.9 Å². The number of halogens is 1. The third kappa shape index (κ3) is 7.56. The van der Waals surface area contributed by atoms with Crippen LogP contribution in [0.4, 0.5) is 0 Å². The second-order valence-corrected chi connectivity index (χ2v) is 6.80. The Morgan fingerprint density at radius 3 is 2.65 bits per heavy atom. The van der Waals surface area contributed by atoms with Gasteiger partial charge in [-0.1, -0.05) is 13.8 Å². The number of piperidine rings is 1. The van der Waals surface area contributed by atoms with Crippen LogP contribution in [-0.2, 0) is 9.47 Å². The summed E-state index contributed by atoms with van der Waals surface area (Å²) in [6.07, 6.45) is 3.93. The molecule has 2 heterocycles. The first-order valence-electron chi connectivity index (χ1n) is 8.91. The minimum Gasteiger partial charge on any atom is -0.377 e. The van der Waals surface area contributed by atoms with Crippen molar-refractivity contribution in [2.45, 2.75) is 46.1 Å². The summed E-state index contributed by atoms with van der Waals surface area (Å²) >= 11 is 0. The molecule has 0 amide bonds. The maximum atomic E-state index is 5.70. The fourth-order valence-corrected chi connectivity index (χ4v) is 3.47. The first-order valence-corrected chi connectivity index (χ1v) is 8.91. The number of aliphatic imine (C=N–C) groups is 1. The maximum absolute atomic E-state index is 5.70. The number of likely N-dealkylation sites (tertiary alicyclic amines) is 1. The summed E-state index contributed by atoms with van der Waals surface area (Å²) in [4.78, 5) is 7.14. The minimum atomic E-state index is 0. The second-order valence-electron chi connectivity index (χ2n) is 6.80. The smallest absolute Gasteiger partial charge is 0.194 e. The lowest BCUT2D eigenvalue weighted by molar-refractivity contribution is 0.0199. The third-order valence-corrected chi connectivity index (χ3v) is 4.33. The summed E-state index contributed by atoms with van der Waals surface area (Å²) in [6, 6.07) is 0. The quantitative estimate of drug-likeness (QED) is 0.299. The van der Waals surface area contributed by atoms with Gasteiger partial charge in [0.1, 0.15) is 0 Å². The molecule has 1 N–H and O–H groups in total. The van der Waals surface area contributed by atoms with E-state index in [1.165, 1.54) is 12.8 Å². The van der Waals surface area contributed by atoms with E-state index in [1.54, 1.807) is 0 Å². The summed E-state index contributed by atoms with van der Waals surface area (Å²) < 4.78 is 11.3. The van der Waals surface area contributed by atoms with Crippen LogP contribution in [0.5, 0.6) is 0 Å². The lowest BCUT2D eigenvalue weighted by Gasteiger charge is -2.37. The van der Waals surface area contributed by atoms with Crippen LogP contribution >= 0.6 is 24.0 Å². The van der Waals surface area contributed by atoms with Crippen molar-refractivity contribution in [3.8, 4) is 0 Å². The summed E-state index contributed by atoms with van der Waals surface area (Å²) in [7, 11) is 0. The predicted octanol–water partition coefficient (Wildman–Crippen LogP) is 2.74. The van der Waals surface area contributed by atoms with E-state index in [2.05, 4.69) is 31.0 Å². The number of hydrogen-bond acceptors (Lipinski definition) is 3. The van der Waals surface area contributed by atoms with E-state index in [1.807, 2.05) is 0 Å². The Balaban J connectivity index is 0.00000264. The highest BCUT2D eigenvalue weighted by molar-refractivity contribution is 14.0. The van der Waals surface area contributed by atoms with E-state index in [0.717, 1.165) is 50.5 Å². The predicted molar refractivity (Wildman–Crippen MR) is 106 cm³/mol. The fourth-order valence-electron chi connectivity index (χ4n) is 3.47. The molecule has 0 bridgehead atoms. The minimum absolute atomic E-state index is 0. The van der Waals surface area contributed by atoms with Gasteiger partial charge < -0.3 is 19.7 Å². The summed E-state index contributed by atoms with van der Waals surface area (Å²) in [5.41, 5.74) is 0. The number of rotatable bonds is 6. The van der Waals surface area contributed by atoms with Gasteiger partial charge in [0.2, 0.25) is 0 Å². The van der Waals surface area contributed by atoms with E-state index in [-0.39, 0.29) is 24.0 Å². The Labute approximate surface area is 158 Å². The molecule has 5 nitrogen and oxygen atoms in total. The molecule has 6 heteroatoms. The Hall–Kier alpha value is -0.0800. The number of ether oxygens (including phenoxy) is 2. The maximum Gasteiger partial charge on any atom is 0.194 e. The summed E-state index contributed by atoms with van der Waals surface area (Å²) in [6.45, 7) is 12.9. The molecule has 0 radical (unpaired) electrons. The van der Waals surface area contributed by atoms with Crippen molar-refractivity contribution in [1.29, 1.82) is 0 Å². The zero-order valence-electron chi connectivity index (χ0n) is 14.9. The average molecular weight is 439 g/mol. The van der Waals surface area contributed by atoms with Gasteiger partial charge in [-0.15, -0.1) is 24.0 Å². The molecule has 0 aromatic rings. The van der Waals surface area contributed by atoms with Gasteiger partial charge in [-0.3, -0.25) is 4.99 Å². The molecule has 3 unspecified atom stereocenters. The standard InChI is InChI=1S/C17H33N3O2.HI/c1-4-18-17(20-11-14(2)10-15(3)12-20)19-7-9-21-13-16-6-5-8-22-16;/h14-16H,4-13H2,1-3H3,(H,18,19);1H. The molecule has 0 aromatic carbocycles. The van der Waals surface area contributed by atoms with Crippen LogP contribution in [0, 0.1) is 11.8 Å². The van der Waals surface area contributed by atoms with Gasteiger partial charge in [0.25, 0.3) is 0 Å². The van der Waals surface area contributed by atoms with Crippen molar-refractivity contribution in [1.82, 2.24) is 10.2 Å². The average Bonchev–Trinajstić information content (AvgIpc) is 2.98. The highest BCUT2D eigenvalue weighted by Gasteiger charge is 2.23. The molecule has 0 aliphatic carbocycles. The number of hydrogen-bond donors (Lipinski definition) is 1. The first-order chi connectivity index (χ1) is 10.7. The molecule has 3 atom stereocenters. The van der Waals surface area contributed by atoms with Crippen LogP contribution in [0.25, 0.3) is 0 Å². The first kappa shape index (κ1) is 21.0. The van der Waals surface area contributed by atoms with Crippen molar-refractivity contribution in [3.63, 3.8) is 0 Å². The van der Waals surface area contributed by atoms with Gasteiger partial charge >= 0.3 is 0 Å².